The zero-order valence-electron chi connectivity index (χ0n) is 16.3. The van der Waals surface area contributed by atoms with Crippen molar-refractivity contribution in [2.45, 2.75) is 25.3 Å². The van der Waals surface area contributed by atoms with Gasteiger partial charge in [-0.1, -0.05) is 0 Å². The van der Waals surface area contributed by atoms with Gasteiger partial charge in [0.1, 0.15) is 0 Å². The molecule has 0 radical (unpaired) electrons. The molecular weight excluding hydrogens is 408 g/mol. The number of carboxylic acid groups (broad SMARTS) is 3. The van der Waals surface area contributed by atoms with E-state index in [0.29, 0.717) is 32.2 Å². The molecule has 2 heterocycles. The summed E-state index contributed by atoms with van der Waals surface area (Å²) in [6, 6.07) is 0.554. The fourth-order valence-electron chi connectivity index (χ4n) is 3.87. The van der Waals surface area contributed by atoms with Crippen LogP contribution in [0, 0.1) is 5.92 Å². The van der Waals surface area contributed by atoms with E-state index in [1.54, 1.807) is 9.80 Å². The third-order valence-corrected chi connectivity index (χ3v) is 5.03. The molecule has 27 heavy (non-hydrogen) atoms. The van der Waals surface area contributed by atoms with Crippen LogP contribution in [0.1, 0.15) is 19.3 Å². The molecule has 3 fully saturated rings. The fourth-order valence-corrected chi connectivity index (χ4v) is 3.87. The van der Waals surface area contributed by atoms with E-state index in [0.717, 1.165) is 12.5 Å². The maximum Gasteiger partial charge on any atom is 1.00 e. The number of hydrogen-bond donors (Lipinski definition) is 1. The van der Waals surface area contributed by atoms with E-state index >= 15 is 0 Å². The van der Waals surface area contributed by atoms with E-state index in [-0.39, 0.29) is 122 Å². The summed E-state index contributed by atoms with van der Waals surface area (Å²) < 4.78 is 0. The van der Waals surface area contributed by atoms with Crippen molar-refractivity contribution in [1.82, 2.24) is 14.7 Å². The number of nitrogens with zero attached hydrogens (tertiary/aromatic N) is 3. The van der Waals surface area contributed by atoms with Gasteiger partial charge >= 0.3 is 109 Å². The molecular formula is C16H25K2N3O6. The standard InChI is InChI=1S/C8H14N2O4.C8H13NO2.2K/c11-7(12)5-9-1-2-10(4-3-9)6-8(13)14;10-8(11)5-9-4-6-1-2-7(9)3-6;;/h1-6H2,(H,11,12)(H,13,14);6-7H,1-5H2,(H,10,11);;/q;;2*+1/p-2. The summed E-state index contributed by atoms with van der Waals surface area (Å²) in [5.74, 6) is -2.09. The monoisotopic (exact) mass is 433 g/mol. The minimum absolute atomic E-state index is 0. The Morgan fingerprint density at radius 2 is 1.37 bits per heavy atom. The molecule has 0 amide bonds. The first kappa shape index (κ1) is 28.6. The number of aliphatic carboxylic acids is 3. The average Bonchev–Trinajstić information content (AvgIpc) is 3.11. The first-order valence-corrected chi connectivity index (χ1v) is 8.63. The van der Waals surface area contributed by atoms with E-state index in [9.17, 15) is 24.6 Å². The van der Waals surface area contributed by atoms with Crippen molar-refractivity contribution in [3.8, 4) is 0 Å². The Labute approximate surface area is 244 Å². The maximum absolute atomic E-state index is 10.4. The number of hydrogen-bond acceptors (Lipinski definition) is 8. The van der Waals surface area contributed by atoms with Crippen molar-refractivity contribution in [2.75, 3.05) is 52.4 Å². The Balaban J connectivity index is 0.000000475. The van der Waals surface area contributed by atoms with Crippen molar-refractivity contribution >= 4 is 17.9 Å². The molecule has 1 aliphatic carbocycles. The van der Waals surface area contributed by atoms with Gasteiger partial charge in [-0.25, -0.2) is 0 Å². The number of fused-ring (bicyclic) bond motifs is 2. The summed E-state index contributed by atoms with van der Waals surface area (Å²) in [4.78, 5) is 36.5. The van der Waals surface area contributed by atoms with Crippen molar-refractivity contribution in [3.05, 3.63) is 0 Å². The van der Waals surface area contributed by atoms with Crippen LogP contribution >= 0.6 is 0 Å². The minimum atomic E-state index is -1.09. The number of carbonyl (C=O) groups is 3. The molecule has 1 N–H and O–H groups in total. The van der Waals surface area contributed by atoms with Crippen molar-refractivity contribution in [1.29, 1.82) is 0 Å². The molecule has 0 aromatic carbocycles. The maximum atomic E-state index is 10.4. The van der Waals surface area contributed by atoms with Crippen LogP contribution in [0.5, 0.6) is 0 Å². The molecule has 142 valence electrons. The molecule has 0 aromatic rings. The third kappa shape index (κ3) is 10.9. The first-order valence-electron chi connectivity index (χ1n) is 8.63. The molecule has 2 aliphatic heterocycles. The van der Waals surface area contributed by atoms with Crippen LogP contribution in [0.25, 0.3) is 0 Å². The number of piperazine rings is 1. The van der Waals surface area contributed by atoms with Gasteiger partial charge in [0.05, 0.1) is 18.5 Å². The molecule has 2 atom stereocenters. The number of carbonyl (C=O) groups excluding carboxylic acids is 2. The molecule has 2 unspecified atom stereocenters. The van der Waals surface area contributed by atoms with E-state index in [4.69, 9.17) is 5.11 Å². The summed E-state index contributed by atoms with van der Waals surface area (Å²) in [7, 11) is 0. The molecule has 3 rings (SSSR count). The summed E-state index contributed by atoms with van der Waals surface area (Å²) in [6.45, 7) is 3.45. The van der Waals surface area contributed by atoms with Gasteiger partial charge in [0.25, 0.3) is 0 Å². The van der Waals surface area contributed by atoms with Crippen LogP contribution < -0.4 is 113 Å². The second kappa shape index (κ2) is 14.5. The summed E-state index contributed by atoms with van der Waals surface area (Å²) in [6.07, 6.45) is 3.71. The molecule has 9 nitrogen and oxygen atoms in total. The smallest absolute Gasteiger partial charge is 0.549 e. The Morgan fingerprint density at radius 1 is 0.852 bits per heavy atom. The van der Waals surface area contributed by atoms with Crippen LogP contribution in [0.2, 0.25) is 0 Å². The summed E-state index contributed by atoms with van der Waals surface area (Å²) in [5.41, 5.74) is 0. The second-order valence-electron chi connectivity index (χ2n) is 6.95. The van der Waals surface area contributed by atoms with Gasteiger partial charge in [0.15, 0.2) is 0 Å². The van der Waals surface area contributed by atoms with Gasteiger partial charge in [-0.15, -0.1) is 0 Å². The van der Waals surface area contributed by atoms with Crippen molar-refractivity contribution in [2.24, 2.45) is 5.92 Å². The number of rotatable bonds is 6. The summed E-state index contributed by atoms with van der Waals surface area (Å²) >= 11 is 0. The SMILES string of the molecule is O=C([O-])CN1CC2CCC1C2.O=C([O-])CN1CCN(CC(=O)O)CC1.[K+].[K+]. The van der Waals surface area contributed by atoms with Gasteiger partial charge in [-0.05, 0) is 25.2 Å². The van der Waals surface area contributed by atoms with Crippen molar-refractivity contribution in [3.63, 3.8) is 0 Å². The van der Waals surface area contributed by atoms with Gasteiger partial charge in [0.2, 0.25) is 0 Å². The number of likely N-dealkylation sites (tertiary alicyclic amines) is 1. The molecule has 2 saturated heterocycles. The molecule has 0 aromatic heterocycles. The van der Waals surface area contributed by atoms with Crippen LogP contribution in [0.3, 0.4) is 0 Å². The van der Waals surface area contributed by atoms with E-state index in [1.807, 2.05) is 4.90 Å². The van der Waals surface area contributed by atoms with Gasteiger partial charge in [0, 0.05) is 51.9 Å². The predicted octanol–water partition coefficient (Wildman–Crippen LogP) is -9.33. The predicted molar refractivity (Wildman–Crippen MR) is 83.2 cm³/mol. The Hall–Kier alpha value is 1.56. The van der Waals surface area contributed by atoms with E-state index < -0.39 is 17.9 Å². The average molecular weight is 434 g/mol. The fraction of sp³-hybridized carbons (Fsp3) is 0.812. The summed E-state index contributed by atoms with van der Waals surface area (Å²) in [5, 5.41) is 29.1. The Bertz CT molecular complexity index is 479. The van der Waals surface area contributed by atoms with E-state index in [1.165, 1.54) is 19.3 Å². The first-order chi connectivity index (χ1) is 11.8. The van der Waals surface area contributed by atoms with Crippen LogP contribution in [0.15, 0.2) is 0 Å². The Kier molecular flexibility index (Phi) is 15.4. The second-order valence-corrected chi connectivity index (χ2v) is 6.95. The minimum Gasteiger partial charge on any atom is -0.549 e. The van der Waals surface area contributed by atoms with Gasteiger partial charge in [-0.3, -0.25) is 19.5 Å². The number of piperidine rings is 1. The zero-order valence-corrected chi connectivity index (χ0v) is 22.5. The zero-order chi connectivity index (χ0) is 18.4. The van der Waals surface area contributed by atoms with Crippen LogP contribution in [-0.4, -0.2) is 96.1 Å². The van der Waals surface area contributed by atoms with Crippen LogP contribution in [-0.2, 0) is 14.4 Å². The van der Waals surface area contributed by atoms with Crippen LogP contribution in [0.4, 0.5) is 0 Å². The van der Waals surface area contributed by atoms with Crippen molar-refractivity contribution < 1.29 is 132 Å². The number of carboxylic acids is 3. The third-order valence-electron chi connectivity index (χ3n) is 5.03. The molecule has 3 aliphatic rings. The molecule has 11 heteroatoms. The largest absolute Gasteiger partial charge is 1.00 e. The molecule has 1 saturated carbocycles. The van der Waals surface area contributed by atoms with Gasteiger partial charge < -0.3 is 24.9 Å². The Morgan fingerprint density at radius 3 is 1.74 bits per heavy atom. The van der Waals surface area contributed by atoms with Gasteiger partial charge in [-0.2, -0.15) is 0 Å². The normalized spacial score (nSPS) is 24.9. The van der Waals surface area contributed by atoms with E-state index in [2.05, 4.69) is 0 Å². The quantitative estimate of drug-likeness (QED) is 0.406. The molecule has 2 bridgehead atoms. The molecule has 0 spiro atoms. The topological polar surface area (TPSA) is 127 Å².